The van der Waals surface area contributed by atoms with Gasteiger partial charge in [-0.05, 0) is 51.8 Å². The van der Waals surface area contributed by atoms with Gasteiger partial charge in [-0.2, -0.15) is 4.37 Å². The fourth-order valence-corrected chi connectivity index (χ4v) is 2.48. The van der Waals surface area contributed by atoms with Crippen LogP contribution in [-0.2, 0) is 6.42 Å². The molecular formula is C11H11IN2O2S. The van der Waals surface area contributed by atoms with Crippen molar-refractivity contribution in [2.45, 2.75) is 6.42 Å². The highest BCUT2D eigenvalue weighted by Gasteiger charge is 2.07. The number of nitrogens with zero attached hydrogens (tertiary/aromatic N) is 2. The molecular weight excluding hydrogens is 351 g/mol. The maximum atomic E-state index is 5.26. The minimum absolute atomic E-state index is 0.708. The van der Waals surface area contributed by atoms with Gasteiger partial charge in [-0.1, -0.05) is 6.07 Å². The summed E-state index contributed by atoms with van der Waals surface area (Å²) in [6.45, 7) is 0. The van der Waals surface area contributed by atoms with E-state index in [2.05, 4.69) is 31.9 Å². The van der Waals surface area contributed by atoms with Gasteiger partial charge in [-0.25, -0.2) is 4.98 Å². The lowest BCUT2D eigenvalue weighted by atomic mass is 10.1. The summed E-state index contributed by atoms with van der Waals surface area (Å²) in [5.41, 5.74) is 1.11. The van der Waals surface area contributed by atoms with E-state index in [1.54, 1.807) is 14.2 Å². The van der Waals surface area contributed by atoms with Gasteiger partial charge in [0.1, 0.15) is 5.82 Å². The number of hydrogen-bond acceptors (Lipinski definition) is 5. The van der Waals surface area contributed by atoms with Crippen LogP contribution < -0.4 is 9.47 Å². The number of ether oxygens (including phenoxy) is 2. The summed E-state index contributed by atoms with van der Waals surface area (Å²) in [6.07, 6.45) is 0.708. The molecule has 1 aromatic heterocycles. The van der Waals surface area contributed by atoms with Gasteiger partial charge in [-0.3, -0.25) is 0 Å². The SMILES string of the molecule is COc1ccc(Cc2nsc(I)n2)cc1OC. The third-order valence-electron chi connectivity index (χ3n) is 2.25. The molecule has 0 aliphatic carbocycles. The third kappa shape index (κ3) is 3.06. The first-order valence-corrected chi connectivity index (χ1v) is 6.77. The Labute approximate surface area is 117 Å². The summed E-state index contributed by atoms with van der Waals surface area (Å²) in [5.74, 6) is 2.30. The predicted octanol–water partition coefficient (Wildman–Crippen LogP) is 2.75. The van der Waals surface area contributed by atoms with Crippen LogP contribution in [0.25, 0.3) is 0 Å². The van der Waals surface area contributed by atoms with E-state index in [4.69, 9.17) is 9.47 Å². The minimum atomic E-state index is 0.708. The number of rotatable bonds is 4. The molecule has 17 heavy (non-hydrogen) atoms. The van der Waals surface area contributed by atoms with Gasteiger partial charge in [0.05, 0.1) is 14.2 Å². The van der Waals surface area contributed by atoms with E-state index in [1.165, 1.54) is 11.5 Å². The summed E-state index contributed by atoms with van der Waals surface area (Å²) in [4.78, 5) is 4.33. The Morgan fingerprint density at radius 2 is 2.00 bits per heavy atom. The smallest absolute Gasteiger partial charge is 0.173 e. The second-order valence-corrected chi connectivity index (χ2v) is 5.84. The summed E-state index contributed by atoms with van der Waals surface area (Å²) in [7, 11) is 3.26. The number of benzene rings is 1. The first-order chi connectivity index (χ1) is 8.22. The molecule has 0 radical (unpaired) electrons. The van der Waals surface area contributed by atoms with E-state index < -0.39 is 0 Å². The summed E-state index contributed by atoms with van der Waals surface area (Å²) < 4.78 is 15.7. The van der Waals surface area contributed by atoms with E-state index in [0.717, 1.165) is 25.9 Å². The Morgan fingerprint density at radius 3 is 2.59 bits per heavy atom. The molecule has 0 aliphatic rings. The largest absolute Gasteiger partial charge is 0.493 e. The van der Waals surface area contributed by atoms with E-state index in [-0.39, 0.29) is 0 Å². The van der Waals surface area contributed by atoms with Crippen LogP contribution in [0.3, 0.4) is 0 Å². The molecule has 1 aromatic carbocycles. The topological polar surface area (TPSA) is 44.2 Å². The molecule has 2 rings (SSSR count). The van der Waals surface area contributed by atoms with Crippen LogP contribution in [0, 0.1) is 3.01 Å². The molecule has 2 aromatic rings. The maximum absolute atomic E-state index is 5.26. The number of hydrogen-bond donors (Lipinski definition) is 0. The molecule has 0 atom stereocenters. The van der Waals surface area contributed by atoms with Gasteiger partial charge in [0.2, 0.25) is 0 Å². The van der Waals surface area contributed by atoms with E-state index in [0.29, 0.717) is 6.42 Å². The zero-order chi connectivity index (χ0) is 12.3. The lowest BCUT2D eigenvalue weighted by Gasteiger charge is -2.08. The van der Waals surface area contributed by atoms with Crippen LogP contribution in [0.1, 0.15) is 11.4 Å². The Bertz CT molecular complexity index is 516. The molecule has 0 unspecified atom stereocenters. The van der Waals surface area contributed by atoms with Gasteiger partial charge in [0.15, 0.2) is 14.5 Å². The van der Waals surface area contributed by atoms with Crippen molar-refractivity contribution in [1.29, 1.82) is 0 Å². The van der Waals surface area contributed by atoms with Gasteiger partial charge < -0.3 is 9.47 Å². The van der Waals surface area contributed by atoms with Crippen LogP contribution in [0.15, 0.2) is 18.2 Å². The summed E-state index contributed by atoms with van der Waals surface area (Å²) >= 11 is 3.58. The molecule has 6 heteroatoms. The van der Waals surface area contributed by atoms with E-state index in [1.807, 2.05) is 18.2 Å². The highest BCUT2D eigenvalue weighted by Crippen LogP contribution is 2.28. The Balaban J connectivity index is 2.22. The van der Waals surface area contributed by atoms with Gasteiger partial charge >= 0.3 is 0 Å². The Morgan fingerprint density at radius 1 is 1.24 bits per heavy atom. The summed E-state index contributed by atoms with van der Waals surface area (Å²) in [6, 6.07) is 5.84. The number of methoxy groups -OCH3 is 2. The van der Waals surface area contributed by atoms with Crippen LogP contribution in [0.2, 0.25) is 0 Å². The van der Waals surface area contributed by atoms with Gasteiger partial charge in [0.25, 0.3) is 0 Å². The van der Waals surface area contributed by atoms with Crippen molar-refractivity contribution >= 4 is 34.1 Å². The van der Waals surface area contributed by atoms with Crippen LogP contribution >= 0.6 is 34.1 Å². The maximum Gasteiger partial charge on any atom is 0.173 e. The van der Waals surface area contributed by atoms with E-state index in [9.17, 15) is 0 Å². The quantitative estimate of drug-likeness (QED) is 0.785. The lowest BCUT2D eigenvalue weighted by molar-refractivity contribution is 0.354. The van der Waals surface area contributed by atoms with E-state index >= 15 is 0 Å². The van der Waals surface area contributed by atoms with Crippen molar-refractivity contribution in [3.05, 3.63) is 32.6 Å². The average molecular weight is 362 g/mol. The molecule has 0 fully saturated rings. The molecule has 4 nitrogen and oxygen atoms in total. The second kappa shape index (κ2) is 5.63. The zero-order valence-corrected chi connectivity index (χ0v) is 12.4. The second-order valence-electron chi connectivity index (χ2n) is 3.33. The predicted molar refractivity (Wildman–Crippen MR) is 75.0 cm³/mol. The zero-order valence-electron chi connectivity index (χ0n) is 9.44. The van der Waals surface area contributed by atoms with Crippen LogP contribution in [0.5, 0.6) is 11.5 Å². The molecule has 90 valence electrons. The van der Waals surface area contributed by atoms with Crippen molar-refractivity contribution in [1.82, 2.24) is 9.36 Å². The highest BCUT2D eigenvalue weighted by molar-refractivity contribution is 14.1. The summed E-state index contributed by atoms with van der Waals surface area (Å²) in [5, 5.41) is 0. The molecule has 0 aliphatic heterocycles. The fourth-order valence-electron chi connectivity index (χ4n) is 1.48. The first kappa shape index (κ1) is 12.6. The Hall–Kier alpha value is -0.890. The van der Waals surface area contributed by atoms with Crippen molar-refractivity contribution in [3.63, 3.8) is 0 Å². The standard InChI is InChI=1S/C11H11IN2O2S/c1-15-8-4-3-7(5-9(8)16-2)6-10-13-11(12)17-14-10/h3-5H,6H2,1-2H3. The average Bonchev–Trinajstić information content (AvgIpc) is 2.74. The molecule has 0 N–H and O–H groups in total. The number of aromatic nitrogens is 2. The lowest BCUT2D eigenvalue weighted by Crippen LogP contribution is -1.95. The Kier molecular flexibility index (Phi) is 4.16. The first-order valence-electron chi connectivity index (χ1n) is 4.92. The van der Waals surface area contributed by atoms with Crippen molar-refractivity contribution in [2.24, 2.45) is 0 Å². The van der Waals surface area contributed by atoms with Gasteiger partial charge in [-0.15, -0.1) is 0 Å². The molecule has 0 bridgehead atoms. The fraction of sp³-hybridized carbons (Fsp3) is 0.273. The molecule has 0 amide bonds. The minimum Gasteiger partial charge on any atom is -0.493 e. The molecule has 0 saturated carbocycles. The van der Waals surface area contributed by atoms with Gasteiger partial charge in [0, 0.05) is 6.42 Å². The van der Waals surface area contributed by atoms with Crippen molar-refractivity contribution in [2.75, 3.05) is 14.2 Å². The third-order valence-corrected chi connectivity index (χ3v) is 3.63. The molecule has 1 heterocycles. The van der Waals surface area contributed by atoms with Crippen molar-refractivity contribution in [3.8, 4) is 11.5 Å². The normalized spacial score (nSPS) is 10.3. The van der Waals surface area contributed by atoms with Crippen LogP contribution in [0.4, 0.5) is 0 Å². The number of halogens is 1. The monoisotopic (exact) mass is 362 g/mol. The molecule has 0 spiro atoms. The van der Waals surface area contributed by atoms with Crippen LogP contribution in [-0.4, -0.2) is 23.6 Å². The highest BCUT2D eigenvalue weighted by atomic mass is 127. The molecule has 0 saturated heterocycles. The van der Waals surface area contributed by atoms with Crippen molar-refractivity contribution < 1.29 is 9.47 Å².